The van der Waals surface area contributed by atoms with Gasteiger partial charge in [0.05, 0.1) is 23.5 Å². The van der Waals surface area contributed by atoms with Gasteiger partial charge in [0.15, 0.2) is 0 Å². The molecule has 0 radical (unpaired) electrons. The minimum Gasteiger partial charge on any atom is -0.397 e. The minimum atomic E-state index is 0.268. The Kier molecular flexibility index (Phi) is 3.01. The third-order valence-electron chi connectivity index (χ3n) is 3.31. The summed E-state index contributed by atoms with van der Waals surface area (Å²) in [6.45, 7) is 4.88. The number of pyridine rings is 1. The summed E-state index contributed by atoms with van der Waals surface area (Å²) in [5.41, 5.74) is 7.39. The fourth-order valence-corrected chi connectivity index (χ4v) is 2.15. The largest absolute Gasteiger partial charge is 0.397 e. The Balaban J connectivity index is 2.20. The highest BCUT2D eigenvalue weighted by molar-refractivity contribution is 5.50. The van der Waals surface area contributed by atoms with Crippen molar-refractivity contribution in [1.29, 1.82) is 0 Å². The number of hydrogen-bond acceptors (Lipinski definition) is 4. The molecule has 88 valence electrons. The molecule has 0 bridgehead atoms. The third kappa shape index (κ3) is 1.97. The Hall–Kier alpha value is -1.29. The summed E-state index contributed by atoms with van der Waals surface area (Å²) in [4.78, 5) is 6.68. The van der Waals surface area contributed by atoms with Gasteiger partial charge in [-0.05, 0) is 32.4 Å². The molecule has 1 aliphatic rings. The zero-order valence-electron chi connectivity index (χ0n) is 10.1. The lowest BCUT2D eigenvalue weighted by atomic mass is 10.1. The number of nitrogens with zero attached hydrogens (tertiary/aromatic N) is 2. The zero-order chi connectivity index (χ0) is 11.7. The van der Waals surface area contributed by atoms with Gasteiger partial charge >= 0.3 is 0 Å². The van der Waals surface area contributed by atoms with Crippen molar-refractivity contribution in [2.45, 2.75) is 32.4 Å². The molecule has 2 atom stereocenters. The molecule has 16 heavy (non-hydrogen) atoms. The van der Waals surface area contributed by atoms with Gasteiger partial charge in [-0.25, -0.2) is 4.98 Å². The lowest BCUT2D eigenvalue weighted by Crippen LogP contribution is -2.37. The van der Waals surface area contributed by atoms with Crippen LogP contribution in [0.3, 0.4) is 0 Å². The number of hydrogen-bond donors (Lipinski definition) is 1. The van der Waals surface area contributed by atoms with Crippen molar-refractivity contribution < 1.29 is 4.74 Å². The van der Waals surface area contributed by atoms with Gasteiger partial charge in [0.25, 0.3) is 0 Å². The summed E-state index contributed by atoms with van der Waals surface area (Å²) in [6, 6.07) is 4.29. The van der Waals surface area contributed by atoms with Crippen LogP contribution in [0.2, 0.25) is 0 Å². The van der Waals surface area contributed by atoms with Crippen molar-refractivity contribution in [3.63, 3.8) is 0 Å². The molecule has 4 heteroatoms. The van der Waals surface area contributed by atoms with E-state index in [1.807, 2.05) is 19.1 Å². The third-order valence-corrected chi connectivity index (χ3v) is 3.31. The smallest absolute Gasteiger partial charge is 0.129 e. The van der Waals surface area contributed by atoms with E-state index in [9.17, 15) is 0 Å². The van der Waals surface area contributed by atoms with E-state index in [2.05, 4.69) is 23.9 Å². The van der Waals surface area contributed by atoms with E-state index in [0.29, 0.717) is 6.04 Å². The second-order valence-corrected chi connectivity index (χ2v) is 4.39. The van der Waals surface area contributed by atoms with E-state index >= 15 is 0 Å². The molecule has 4 nitrogen and oxygen atoms in total. The summed E-state index contributed by atoms with van der Waals surface area (Å²) < 4.78 is 5.57. The van der Waals surface area contributed by atoms with Gasteiger partial charge in [0, 0.05) is 13.7 Å². The lowest BCUT2D eigenvalue weighted by Gasteiger charge is -2.28. The molecule has 1 aliphatic heterocycles. The first-order valence-electron chi connectivity index (χ1n) is 5.67. The topological polar surface area (TPSA) is 51.4 Å². The van der Waals surface area contributed by atoms with Crippen molar-refractivity contribution in [3.8, 4) is 0 Å². The van der Waals surface area contributed by atoms with Crippen molar-refractivity contribution in [2.75, 3.05) is 24.3 Å². The molecule has 0 spiro atoms. The summed E-state index contributed by atoms with van der Waals surface area (Å²) in [5.74, 6) is 0.967. The molecule has 2 unspecified atom stereocenters. The van der Waals surface area contributed by atoms with Crippen molar-refractivity contribution >= 4 is 11.5 Å². The summed E-state index contributed by atoms with van der Waals surface area (Å²) in [6.07, 6.45) is 1.33. The van der Waals surface area contributed by atoms with E-state index in [1.54, 1.807) is 0 Å². The molecule has 1 saturated heterocycles. The van der Waals surface area contributed by atoms with Gasteiger partial charge in [0.1, 0.15) is 5.82 Å². The van der Waals surface area contributed by atoms with Crippen LogP contribution in [0.5, 0.6) is 0 Å². The normalized spacial score (nSPS) is 24.7. The van der Waals surface area contributed by atoms with Gasteiger partial charge in [0.2, 0.25) is 0 Å². The maximum Gasteiger partial charge on any atom is 0.129 e. The number of aromatic nitrogens is 1. The average Bonchev–Trinajstić information content (AvgIpc) is 2.67. The highest BCUT2D eigenvalue weighted by atomic mass is 16.5. The van der Waals surface area contributed by atoms with Crippen molar-refractivity contribution in [1.82, 2.24) is 4.98 Å². The molecule has 0 saturated carbocycles. The molecular weight excluding hydrogens is 202 g/mol. The standard InChI is InChI=1S/C12H19N3O/c1-8-10(13)4-5-12(14-8)15(3)11-6-7-16-9(11)2/h4-5,9,11H,6-7,13H2,1-3H3. The maximum absolute atomic E-state index is 5.76. The monoisotopic (exact) mass is 221 g/mol. The molecular formula is C12H19N3O. The number of aryl methyl sites for hydroxylation is 1. The second-order valence-electron chi connectivity index (χ2n) is 4.39. The Morgan fingerprint density at radius 2 is 2.25 bits per heavy atom. The highest BCUT2D eigenvalue weighted by Gasteiger charge is 2.28. The molecule has 0 aromatic carbocycles. The molecule has 1 aromatic rings. The van der Waals surface area contributed by atoms with E-state index in [0.717, 1.165) is 30.2 Å². The van der Waals surface area contributed by atoms with Gasteiger partial charge in [-0.15, -0.1) is 0 Å². The van der Waals surface area contributed by atoms with E-state index in [-0.39, 0.29) is 6.10 Å². The summed E-state index contributed by atoms with van der Waals surface area (Å²) in [7, 11) is 2.06. The fraction of sp³-hybridized carbons (Fsp3) is 0.583. The molecule has 2 rings (SSSR count). The van der Waals surface area contributed by atoms with Crippen molar-refractivity contribution in [3.05, 3.63) is 17.8 Å². The quantitative estimate of drug-likeness (QED) is 0.824. The Morgan fingerprint density at radius 1 is 1.50 bits per heavy atom. The number of nitrogens with two attached hydrogens (primary N) is 1. The van der Waals surface area contributed by atoms with Gasteiger partial charge < -0.3 is 15.4 Å². The Morgan fingerprint density at radius 3 is 2.81 bits per heavy atom. The Bertz CT molecular complexity index is 381. The van der Waals surface area contributed by atoms with Crippen molar-refractivity contribution in [2.24, 2.45) is 0 Å². The van der Waals surface area contributed by atoms with E-state index in [4.69, 9.17) is 10.5 Å². The molecule has 1 fully saturated rings. The van der Waals surface area contributed by atoms with Crippen LogP contribution in [-0.2, 0) is 4.74 Å². The zero-order valence-corrected chi connectivity index (χ0v) is 10.1. The van der Waals surface area contributed by atoms with Crippen LogP contribution < -0.4 is 10.6 Å². The van der Waals surface area contributed by atoms with Gasteiger partial charge in [-0.3, -0.25) is 0 Å². The predicted molar refractivity (Wildman–Crippen MR) is 65.6 cm³/mol. The fourth-order valence-electron chi connectivity index (χ4n) is 2.15. The molecule has 0 amide bonds. The molecule has 2 heterocycles. The van der Waals surface area contributed by atoms with Crippen LogP contribution in [0.15, 0.2) is 12.1 Å². The first kappa shape index (κ1) is 11.2. The average molecular weight is 221 g/mol. The van der Waals surface area contributed by atoms with Crippen LogP contribution in [0.4, 0.5) is 11.5 Å². The lowest BCUT2D eigenvalue weighted by molar-refractivity contribution is 0.118. The number of nitrogen functional groups attached to an aromatic ring is 1. The van der Waals surface area contributed by atoms with Crippen LogP contribution >= 0.6 is 0 Å². The number of rotatable bonds is 2. The number of anilines is 2. The summed E-state index contributed by atoms with van der Waals surface area (Å²) >= 11 is 0. The maximum atomic E-state index is 5.76. The van der Waals surface area contributed by atoms with Gasteiger partial charge in [-0.2, -0.15) is 0 Å². The van der Waals surface area contributed by atoms with Crippen LogP contribution in [0.1, 0.15) is 19.0 Å². The molecule has 2 N–H and O–H groups in total. The Labute approximate surface area is 96.4 Å². The predicted octanol–water partition coefficient (Wildman–Crippen LogP) is 1.59. The first-order chi connectivity index (χ1) is 7.59. The van der Waals surface area contributed by atoms with Gasteiger partial charge in [-0.1, -0.05) is 0 Å². The number of likely N-dealkylation sites (N-methyl/N-ethyl adjacent to an activating group) is 1. The van der Waals surface area contributed by atoms with E-state index < -0.39 is 0 Å². The second kappa shape index (κ2) is 4.29. The highest BCUT2D eigenvalue weighted by Crippen LogP contribution is 2.24. The van der Waals surface area contributed by atoms with Crippen LogP contribution in [-0.4, -0.2) is 30.8 Å². The summed E-state index contributed by atoms with van der Waals surface area (Å²) in [5, 5.41) is 0. The minimum absolute atomic E-state index is 0.268. The van der Waals surface area contributed by atoms with Crippen LogP contribution in [0, 0.1) is 6.92 Å². The number of ether oxygens (including phenoxy) is 1. The van der Waals surface area contributed by atoms with E-state index in [1.165, 1.54) is 0 Å². The first-order valence-corrected chi connectivity index (χ1v) is 5.67. The SMILES string of the molecule is Cc1nc(N(C)C2CCOC2C)ccc1N. The molecule has 0 aliphatic carbocycles. The molecule has 1 aromatic heterocycles. The van der Waals surface area contributed by atoms with Crippen LogP contribution in [0.25, 0.3) is 0 Å².